The maximum Gasteiger partial charge on any atom is 0.433 e. The van der Waals surface area contributed by atoms with E-state index in [4.69, 9.17) is 0 Å². The third kappa shape index (κ3) is 5.64. The fourth-order valence-electron chi connectivity index (χ4n) is 5.02. The van der Waals surface area contributed by atoms with Crippen LogP contribution in [-0.4, -0.2) is 36.9 Å². The summed E-state index contributed by atoms with van der Waals surface area (Å²) >= 11 is 0. The lowest BCUT2D eigenvalue weighted by atomic mass is 9.70. The Bertz CT molecular complexity index is 961. The molecule has 0 atom stereocenters. The van der Waals surface area contributed by atoms with E-state index in [1.54, 1.807) is 0 Å². The second kappa shape index (κ2) is 8.61. The Labute approximate surface area is 187 Å². The highest BCUT2D eigenvalue weighted by Crippen LogP contribution is 2.49. The molecule has 3 fully saturated rings. The maximum atomic E-state index is 12.9. The quantitative estimate of drug-likeness (QED) is 0.595. The highest BCUT2D eigenvalue weighted by Gasteiger charge is 2.44. The van der Waals surface area contributed by atoms with Gasteiger partial charge in [0.15, 0.2) is 9.84 Å². The van der Waals surface area contributed by atoms with E-state index >= 15 is 0 Å². The van der Waals surface area contributed by atoms with Gasteiger partial charge in [-0.1, -0.05) is 12.8 Å². The van der Waals surface area contributed by atoms with Crippen molar-refractivity contribution in [3.8, 4) is 0 Å². The molecular weight excluding hydrogens is 441 g/mol. The molecule has 0 spiro atoms. The van der Waals surface area contributed by atoms with Gasteiger partial charge in [-0.15, -0.1) is 0 Å². The smallest absolute Gasteiger partial charge is 0.351 e. The van der Waals surface area contributed by atoms with Gasteiger partial charge in [0.2, 0.25) is 0 Å². The monoisotopic (exact) mass is 472 g/mol. The van der Waals surface area contributed by atoms with Crippen LogP contribution < -0.4 is 5.32 Å². The van der Waals surface area contributed by atoms with Crippen LogP contribution in [0.5, 0.6) is 0 Å². The molecule has 1 aromatic heterocycles. The molecule has 1 amide bonds. The molecule has 3 aliphatic rings. The summed E-state index contributed by atoms with van der Waals surface area (Å²) in [5.41, 5.74) is -0.971. The molecule has 3 saturated carbocycles. The molecule has 0 saturated heterocycles. The molecule has 5 nitrogen and oxygen atoms in total. The lowest BCUT2D eigenvalue weighted by Gasteiger charge is -2.40. The van der Waals surface area contributed by atoms with Crippen LogP contribution in [0, 0.1) is 24.2 Å². The summed E-state index contributed by atoms with van der Waals surface area (Å²) in [6, 6.07) is 2.01. The summed E-state index contributed by atoms with van der Waals surface area (Å²) < 4.78 is 64.0. The molecule has 0 aromatic carbocycles. The third-order valence-electron chi connectivity index (χ3n) is 7.33. The molecule has 32 heavy (non-hydrogen) atoms. The average Bonchev–Trinajstić information content (AvgIpc) is 3.64. The van der Waals surface area contributed by atoms with Crippen molar-refractivity contribution in [1.29, 1.82) is 0 Å². The minimum Gasteiger partial charge on any atom is -0.351 e. The number of sulfone groups is 1. The fraction of sp³-hybridized carbons (Fsp3) is 0.739. The summed E-state index contributed by atoms with van der Waals surface area (Å²) in [4.78, 5) is 16.3. The van der Waals surface area contributed by atoms with Crippen LogP contribution in [0.4, 0.5) is 13.2 Å². The molecule has 0 radical (unpaired) electrons. The summed E-state index contributed by atoms with van der Waals surface area (Å²) in [6.45, 7) is 1.82. The van der Waals surface area contributed by atoms with Crippen LogP contribution in [0.1, 0.15) is 79.5 Å². The average molecular weight is 473 g/mol. The van der Waals surface area contributed by atoms with Crippen molar-refractivity contribution in [3.63, 3.8) is 0 Å². The Morgan fingerprint density at radius 1 is 1.09 bits per heavy atom. The van der Waals surface area contributed by atoms with Gasteiger partial charge in [-0.05, 0) is 81.3 Å². The fourth-order valence-corrected chi connectivity index (χ4v) is 7.24. The lowest BCUT2D eigenvalue weighted by Crippen LogP contribution is -2.43. The largest absolute Gasteiger partial charge is 0.433 e. The highest BCUT2D eigenvalue weighted by atomic mass is 32.2. The van der Waals surface area contributed by atoms with E-state index in [0.29, 0.717) is 37.0 Å². The van der Waals surface area contributed by atoms with Gasteiger partial charge in [-0.3, -0.25) is 4.79 Å². The van der Waals surface area contributed by atoms with Gasteiger partial charge in [0.1, 0.15) is 5.69 Å². The Balaban J connectivity index is 1.40. The Hall–Kier alpha value is -1.64. The zero-order valence-corrected chi connectivity index (χ0v) is 19.2. The highest BCUT2D eigenvalue weighted by molar-refractivity contribution is 7.92. The van der Waals surface area contributed by atoms with Gasteiger partial charge in [-0.25, -0.2) is 13.4 Å². The van der Waals surface area contributed by atoms with E-state index in [1.807, 2.05) is 0 Å². The SMILES string of the molecule is Cc1nc(C(F)(F)F)ccc1C(=O)NCC1(CC2CC2)CCC(S(=O)(=O)CC2CC2)CC1. The van der Waals surface area contributed by atoms with Gasteiger partial charge < -0.3 is 5.32 Å². The van der Waals surface area contributed by atoms with Gasteiger partial charge in [-0.2, -0.15) is 13.2 Å². The second-order valence-corrected chi connectivity index (χ2v) is 12.5. The van der Waals surface area contributed by atoms with Gasteiger partial charge in [0.05, 0.1) is 22.3 Å². The first-order valence-corrected chi connectivity index (χ1v) is 13.2. The van der Waals surface area contributed by atoms with Crippen LogP contribution in [0.2, 0.25) is 0 Å². The van der Waals surface area contributed by atoms with Crippen LogP contribution in [-0.2, 0) is 16.0 Å². The van der Waals surface area contributed by atoms with Crippen LogP contribution in [0.15, 0.2) is 12.1 Å². The predicted molar refractivity (Wildman–Crippen MR) is 115 cm³/mol. The molecule has 0 aliphatic heterocycles. The number of pyridine rings is 1. The lowest BCUT2D eigenvalue weighted by molar-refractivity contribution is -0.141. The van der Waals surface area contributed by atoms with Crippen molar-refractivity contribution in [2.75, 3.05) is 12.3 Å². The van der Waals surface area contributed by atoms with Crippen molar-refractivity contribution in [2.24, 2.45) is 17.3 Å². The molecular formula is C23H31F3N2O3S. The van der Waals surface area contributed by atoms with Gasteiger partial charge >= 0.3 is 6.18 Å². The first-order valence-electron chi connectivity index (χ1n) is 11.5. The van der Waals surface area contributed by atoms with Crippen molar-refractivity contribution >= 4 is 15.7 Å². The molecule has 3 aliphatic carbocycles. The molecule has 0 unspecified atom stereocenters. The Kier molecular flexibility index (Phi) is 6.33. The number of hydrogen-bond donors (Lipinski definition) is 1. The number of aryl methyl sites for hydroxylation is 1. The number of alkyl halides is 3. The molecule has 1 heterocycles. The number of hydrogen-bond acceptors (Lipinski definition) is 4. The maximum absolute atomic E-state index is 12.9. The Morgan fingerprint density at radius 2 is 1.72 bits per heavy atom. The molecule has 9 heteroatoms. The molecule has 4 rings (SSSR count). The van der Waals surface area contributed by atoms with Crippen LogP contribution >= 0.6 is 0 Å². The number of rotatable bonds is 8. The van der Waals surface area contributed by atoms with Crippen molar-refractivity contribution in [1.82, 2.24) is 10.3 Å². The zero-order valence-electron chi connectivity index (χ0n) is 18.4. The number of nitrogens with zero attached hydrogens (tertiary/aromatic N) is 1. The van der Waals surface area contributed by atoms with Crippen molar-refractivity contribution in [3.05, 3.63) is 29.1 Å². The Morgan fingerprint density at radius 3 is 2.25 bits per heavy atom. The summed E-state index contributed by atoms with van der Waals surface area (Å²) in [5.74, 6) is 0.853. The van der Waals surface area contributed by atoms with Crippen molar-refractivity contribution in [2.45, 2.75) is 76.1 Å². The molecule has 1 N–H and O–H groups in total. The number of halogens is 3. The van der Waals surface area contributed by atoms with Crippen LogP contribution in [0.3, 0.4) is 0 Å². The first kappa shape index (κ1) is 23.5. The number of nitrogens with one attached hydrogen (secondary N) is 1. The minimum atomic E-state index is -4.55. The number of carbonyl (C=O) groups is 1. The zero-order chi connectivity index (χ0) is 23.1. The van der Waals surface area contributed by atoms with E-state index in [1.165, 1.54) is 25.8 Å². The van der Waals surface area contributed by atoms with E-state index in [0.717, 1.165) is 38.2 Å². The standard InChI is InChI=1S/C23H31F3N2O3S/c1-15-19(6-7-20(28-15)23(24,25)26)21(29)27-14-22(12-16-2-3-16)10-8-18(9-11-22)32(30,31)13-17-4-5-17/h6-7,16-18H,2-5,8-14H2,1H3,(H,27,29). The topological polar surface area (TPSA) is 76.1 Å². The second-order valence-electron chi connectivity index (χ2n) is 10.1. The van der Waals surface area contributed by atoms with Crippen LogP contribution in [0.25, 0.3) is 0 Å². The van der Waals surface area contributed by atoms with Gasteiger partial charge in [0.25, 0.3) is 5.91 Å². The number of carbonyl (C=O) groups excluding carboxylic acids is 1. The number of aromatic nitrogens is 1. The number of amides is 1. The minimum absolute atomic E-state index is 0.0449. The summed E-state index contributed by atoms with van der Waals surface area (Å²) in [7, 11) is -3.07. The molecule has 0 bridgehead atoms. The van der Waals surface area contributed by atoms with E-state index < -0.39 is 27.6 Å². The van der Waals surface area contributed by atoms with Crippen molar-refractivity contribution < 1.29 is 26.4 Å². The van der Waals surface area contributed by atoms with E-state index in [9.17, 15) is 26.4 Å². The normalized spacial score (nSPS) is 26.7. The summed E-state index contributed by atoms with van der Waals surface area (Å²) in [6.07, 6.45) is 3.54. The van der Waals surface area contributed by atoms with E-state index in [2.05, 4.69) is 10.3 Å². The molecule has 1 aromatic rings. The van der Waals surface area contributed by atoms with Gasteiger partial charge in [0, 0.05) is 6.54 Å². The molecule has 178 valence electrons. The first-order chi connectivity index (χ1) is 15.0. The third-order valence-corrected chi connectivity index (χ3v) is 9.75. The van der Waals surface area contributed by atoms with E-state index in [-0.39, 0.29) is 21.9 Å². The summed E-state index contributed by atoms with van der Waals surface area (Å²) in [5, 5.41) is 2.64. The predicted octanol–water partition coefficient (Wildman–Crippen LogP) is 4.69.